The van der Waals surface area contributed by atoms with Gasteiger partial charge in [0, 0.05) is 41.3 Å². The number of anilines is 1. The van der Waals surface area contributed by atoms with E-state index in [0.717, 1.165) is 18.2 Å². The van der Waals surface area contributed by atoms with E-state index in [1.54, 1.807) is 0 Å². The van der Waals surface area contributed by atoms with Crippen molar-refractivity contribution in [2.75, 3.05) is 5.73 Å². The molecule has 3 aromatic heterocycles. The Kier molecular flexibility index (Phi) is 8.95. The number of nitrogens with zero attached hydrogens (tertiary/aromatic N) is 5. The van der Waals surface area contributed by atoms with Crippen molar-refractivity contribution in [1.29, 1.82) is 0 Å². The van der Waals surface area contributed by atoms with Crippen LogP contribution in [-0.2, 0) is 30.7 Å². The molecule has 3 heterocycles. The number of pyridine rings is 1. The molecule has 4 N–H and O–H groups in total. The average Bonchev–Trinajstić information content (AvgIpc) is 3.63. The number of aryl methyl sites for hydroxylation is 1. The quantitative estimate of drug-likeness (QED) is 0.110. The summed E-state index contributed by atoms with van der Waals surface area (Å²) in [6, 6.07) is 6.75. The summed E-state index contributed by atoms with van der Waals surface area (Å²) in [5, 5.41) is 20.7. The van der Waals surface area contributed by atoms with Crippen molar-refractivity contribution in [2.45, 2.75) is 69.6 Å². The topological polar surface area (TPSA) is 124 Å². The second kappa shape index (κ2) is 13.1. The molecule has 0 aliphatic heterocycles. The van der Waals surface area contributed by atoms with E-state index in [0.29, 0.717) is 10.7 Å². The molecule has 2 aromatic carbocycles. The number of nitrogens with two attached hydrogens (primary N) is 1. The van der Waals surface area contributed by atoms with Gasteiger partial charge in [-0.25, -0.2) is 31.3 Å². The zero-order valence-electron chi connectivity index (χ0n) is 28.7. The number of fused-ring (bicyclic) bond motifs is 4. The highest BCUT2D eigenvalue weighted by Gasteiger charge is 2.67. The third-order valence-electron chi connectivity index (χ3n) is 9.48. The van der Waals surface area contributed by atoms with Gasteiger partial charge in [-0.3, -0.25) is 14.2 Å². The zero-order chi connectivity index (χ0) is 39.0. The van der Waals surface area contributed by atoms with Crippen LogP contribution < -0.4 is 11.1 Å². The Morgan fingerprint density at radius 1 is 1.04 bits per heavy atom. The number of aromatic nitrogens is 5. The molecule has 0 spiro atoms. The van der Waals surface area contributed by atoms with Gasteiger partial charge < -0.3 is 16.2 Å². The minimum Gasteiger partial charge on any atom is -0.382 e. The van der Waals surface area contributed by atoms with E-state index in [1.807, 2.05) is 0 Å². The number of carbonyl (C=O) groups excluding carboxylic acids is 1. The third kappa shape index (κ3) is 6.63. The summed E-state index contributed by atoms with van der Waals surface area (Å²) < 4.78 is 118. The maximum Gasteiger partial charge on any atom is 0.293 e. The fourth-order valence-electron chi connectivity index (χ4n) is 7.26. The Morgan fingerprint density at radius 3 is 2.37 bits per heavy atom. The number of hydrogen-bond acceptors (Lipinski definition) is 6. The van der Waals surface area contributed by atoms with Crippen LogP contribution in [-0.4, -0.2) is 41.2 Å². The molecular weight excluding hydrogens is 726 g/mol. The van der Waals surface area contributed by atoms with E-state index in [4.69, 9.17) is 5.73 Å². The van der Waals surface area contributed by atoms with E-state index in [1.165, 1.54) is 43.8 Å². The molecule has 17 heteroatoms. The Labute approximate surface area is 302 Å². The molecule has 1 saturated carbocycles. The largest absolute Gasteiger partial charge is 0.382 e. The van der Waals surface area contributed by atoms with Crippen molar-refractivity contribution in [3.63, 3.8) is 0 Å². The fourth-order valence-corrected chi connectivity index (χ4v) is 7.26. The first-order chi connectivity index (χ1) is 25.3. The molecule has 3 atom stereocenters. The monoisotopic (exact) mass is 757 g/mol. The van der Waals surface area contributed by atoms with Crippen molar-refractivity contribution in [2.24, 2.45) is 13.0 Å². The number of halogens is 8. The number of nitrogen functional groups attached to an aromatic ring is 1. The maximum atomic E-state index is 15.3. The van der Waals surface area contributed by atoms with E-state index >= 15 is 8.78 Å². The standard InChI is InChI=1S/C37H31F8N7O2/c1-36(2,54)9-8-19-4-5-20(21-6-7-22(33(40)41)28-31(21)51(3)50-35(28)46)29(47-19)25(12-16-10-17(38)13-18(39)11-16)48-26(53)15-52-32-27(30(49-52)34(42)43)23-14-24(23)37(32,44)45/h4-7,10-11,13,23-25,33-34,54H,12,14-15H2,1-3H3,(H2,46,50)(H,48,53)/t23-,24+,25-/m0/s1. The first kappa shape index (κ1) is 36.8. The number of amides is 1. The maximum absolute atomic E-state index is 15.3. The van der Waals surface area contributed by atoms with Gasteiger partial charge >= 0.3 is 0 Å². The second-order valence-electron chi connectivity index (χ2n) is 14.0. The molecule has 282 valence electrons. The van der Waals surface area contributed by atoms with E-state index < -0.39 is 83.3 Å². The summed E-state index contributed by atoms with van der Waals surface area (Å²) in [6.07, 6.45) is -6.47. The van der Waals surface area contributed by atoms with Gasteiger partial charge in [-0.15, -0.1) is 0 Å². The lowest BCUT2D eigenvalue weighted by Gasteiger charge is -2.23. The number of aliphatic hydroxyl groups is 1. The SMILES string of the molecule is Cn1nc(N)c2c(C(F)F)ccc(-c3ccc(C#CC(C)(C)O)nc3[C@H](Cc3cc(F)cc(F)c3)NC(=O)Cn3nc(C(F)F)c4c3C(F)(F)[C@@H]3C[C@H]43)c21. The molecule has 0 saturated heterocycles. The molecule has 5 aromatic rings. The predicted molar refractivity (Wildman–Crippen MR) is 179 cm³/mol. The van der Waals surface area contributed by atoms with Crippen LogP contribution >= 0.6 is 0 Å². The highest BCUT2D eigenvalue weighted by Crippen LogP contribution is 2.68. The molecule has 0 bridgehead atoms. The lowest BCUT2D eigenvalue weighted by molar-refractivity contribution is -0.123. The summed E-state index contributed by atoms with van der Waals surface area (Å²) in [5.74, 6) is -3.26. The van der Waals surface area contributed by atoms with Crippen LogP contribution in [0.4, 0.5) is 40.9 Å². The van der Waals surface area contributed by atoms with Crippen LogP contribution in [0.2, 0.25) is 0 Å². The lowest BCUT2D eigenvalue weighted by Crippen LogP contribution is -2.35. The molecule has 2 aliphatic carbocycles. The van der Waals surface area contributed by atoms with Crippen LogP contribution in [0.1, 0.15) is 84.5 Å². The van der Waals surface area contributed by atoms with E-state index in [-0.39, 0.29) is 63.2 Å². The Balaban J connectivity index is 1.38. The Hall–Kier alpha value is -5.50. The normalized spacial score (nSPS) is 17.7. The molecule has 0 radical (unpaired) electrons. The Morgan fingerprint density at radius 2 is 1.72 bits per heavy atom. The fraction of sp³-hybridized carbons (Fsp3) is 0.351. The van der Waals surface area contributed by atoms with Crippen LogP contribution in [0.5, 0.6) is 0 Å². The van der Waals surface area contributed by atoms with Crippen molar-refractivity contribution >= 4 is 22.6 Å². The molecule has 7 rings (SSSR count). The second-order valence-corrected chi connectivity index (χ2v) is 14.0. The number of rotatable bonds is 9. The van der Waals surface area contributed by atoms with Crippen molar-refractivity contribution < 1.29 is 45.0 Å². The summed E-state index contributed by atoms with van der Waals surface area (Å²) in [5.41, 5.74) is 2.97. The summed E-state index contributed by atoms with van der Waals surface area (Å²) in [7, 11) is 1.47. The third-order valence-corrected chi connectivity index (χ3v) is 9.48. The van der Waals surface area contributed by atoms with Gasteiger partial charge in [0.15, 0.2) is 5.82 Å². The molecule has 9 nitrogen and oxygen atoms in total. The van der Waals surface area contributed by atoms with Gasteiger partial charge in [-0.05, 0) is 68.4 Å². The smallest absolute Gasteiger partial charge is 0.293 e. The first-order valence-electron chi connectivity index (χ1n) is 16.7. The van der Waals surface area contributed by atoms with Crippen LogP contribution in [0.25, 0.3) is 22.0 Å². The van der Waals surface area contributed by atoms with Gasteiger partial charge in [0.05, 0.1) is 22.6 Å². The molecule has 2 aliphatic rings. The number of benzene rings is 2. The number of hydrogen-bond donors (Lipinski definition) is 3. The zero-order valence-corrected chi connectivity index (χ0v) is 28.7. The molecule has 1 amide bonds. The van der Waals surface area contributed by atoms with E-state index in [2.05, 4.69) is 32.3 Å². The lowest BCUT2D eigenvalue weighted by atomic mass is 9.92. The molecule has 1 fully saturated rings. The highest BCUT2D eigenvalue weighted by atomic mass is 19.3. The minimum atomic E-state index is -3.51. The highest BCUT2D eigenvalue weighted by molar-refractivity contribution is 6.02. The van der Waals surface area contributed by atoms with Gasteiger partial charge in [-0.1, -0.05) is 18.1 Å². The summed E-state index contributed by atoms with van der Waals surface area (Å²) in [4.78, 5) is 18.5. The summed E-state index contributed by atoms with van der Waals surface area (Å²) in [6.45, 7) is 1.91. The number of nitrogens with one attached hydrogen (secondary N) is 1. The van der Waals surface area contributed by atoms with Gasteiger partial charge in [-0.2, -0.15) is 19.0 Å². The van der Waals surface area contributed by atoms with Gasteiger partial charge in [0.25, 0.3) is 18.8 Å². The van der Waals surface area contributed by atoms with Crippen molar-refractivity contribution in [3.05, 3.63) is 93.6 Å². The molecule has 0 unspecified atom stereocenters. The van der Waals surface area contributed by atoms with Gasteiger partial charge in [0.2, 0.25) is 5.91 Å². The van der Waals surface area contributed by atoms with E-state index in [9.17, 15) is 36.2 Å². The average molecular weight is 758 g/mol. The van der Waals surface area contributed by atoms with Crippen LogP contribution in [0.3, 0.4) is 0 Å². The van der Waals surface area contributed by atoms with Crippen molar-refractivity contribution in [1.82, 2.24) is 29.9 Å². The predicted octanol–water partition coefficient (Wildman–Crippen LogP) is 7.00. The minimum absolute atomic E-state index is 0.0128. The number of alkyl halides is 6. The summed E-state index contributed by atoms with van der Waals surface area (Å²) >= 11 is 0. The first-order valence-corrected chi connectivity index (χ1v) is 16.7. The van der Waals surface area contributed by atoms with Gasteiger partial charge in [0.1, 0.15) is 40.9 Å². The number of carbonyl (C=O) groups is 1. The Bertz CT molecular complexity index is 2370. The van der Waals surface area contributed by atoms with Crippen molar-refractivity contribution in [3.8, 4) is 23.0 Å². The molecule has 54 heavy (non-hydrogen) atoms. The molecular formula is C37H31F8N7O2. The van der Waals surface area contributed by atoms with Crippen LogP contribution in [0, 0.1) is 29.4 Å². The van der Waals surface area contributed by atoms with Crippen LogP contribution in [0.15, 0.2) is 42.5 Å².